The van der Waals surface area contributed by atoms with E-state index in [1.807, 2.05) is 43.7 Å². The lowest BCUT2D eigenvalue weighted by atomic mass is 9.96. The largest absolute Gasteiger partial charge is 0.460 e. The molecule has 0 radical (unpaired) electrons. The van der Waals surface area contributed by atoms with Crippen LogP contribution in [0.5, 0.6) is 0 Å². The summed E-state index contributed by atoms with van der Waals surface area (Å²) in [6.45, 7) is 6.44. The van der Waals surface area contributed by atoms with Gasteiger partial charge in [-0.1, -0.05) is 56.7 Å². The summed E-state index contributed by atoms with van der Waals surface area (Å²) in [6, 6.07) is 16.4. The second-order valence-corrected chi connectivity index (χ2v) is 7.64. The van der Waals surface area contributed by atoms with Crippen LogP contribution in [-0.4, -0.2) is 42.6 Å². The number of benzene rings is 2. The molecular formula is C24H30N2O2. The molecule has 2 aromatic carbocycles. The molecule has 148 valence electrons. The maximum Gasteiger partial charge on any atom is 0.338 e. The van der Waals surface area contributed by atoms with E-state index < -0.39 is 0 Å². The van der Waals surface area contributed by atoms with Gasteiger partial charge in [-0.15, -0.1) is 0 Å². The molecule has 1 aliphatic heterocycles. The maximum absolute atomic E-state index is 12.2. The number of hydrogen-bond acceptors (Lipinski definition) is 4. The molecule has 0 N–H and O–H groups in total. The van der Waals surface area contributed by atoms with Gasteiger partial charge in [0.2, 0.25) is 0 Å². The molecular weight excluding hydrogens is 348 g/mol. The highest BCUT2D eigenvalue weighted by atomic mass is 16.5. The predicted octanol–water partition coefficient (Wildman–Crippen LogP) is 4.78. The lowest BCUT2D eigenvalue weighted by Crippen LogP contribution is -2.26. The fourth-order valence-electron chi connectivity index (χ4n) is 3.25. The van der Waals surface area contributed by atoms with Crippen molar-refractivity contribution in [2.24, 2.45) is 5.92 Å². The summed E-state index contributed by atoms with van der Waals surface area (Å²) in [5, 5.41) is 0. The van der Waals surface area contributed by atoms with Crippen LogP contribution in [0.2, 0.25) is 0 Å². The highest BCUT2D eigenvalue weighted by molar-refractivity contribution is 5.90. The van der Waals surface area contributed by atoms with Gasteiger partial charge >= 0.3 is 5.97 Å². The van der Waals surface area contributed by atoms with E-state index in [4.69, 9.17) is 4.74 Å². The smallest absolute Gasteiger partial charge is 0.338 e. The number of rotatable bonds is 8. The van der Waals surface area contributed by atoms with Crippen molar-refractivity contribution in [1.82, 2.24) is 9.80 Å². The van der Waals surface area contributed by atoms with E-state index in [0.717, 1.165) is 24.2 Å². The second-order valence-electron chi connectivity index (χ2n) is 7.64. The molecule has 0 fully saturated rings. The zero-order valence-corrected chi connectivity index (χ0v) is 17.1. The van der Waals surface area contributed by atoms with Crippen molar-refractivity contribution in [3.8, 4) is 11.1 Å². The zero-order valence-electron chi connectivity index (χ0n) is 17.1. The molecule has 0 aromatic heterocycles. The number of esters is 1. The molecule has 0 saturated heterocycles. The van der Waals surface area contributed by atoms with Crippen molar-refractivity contribution in [3.05, 3.63) is 72.1 Å². The third-order valence-corrected chi connectivity index (χ3v) is 5.24. The van der Waals surface area contributed by atoms with E-state index in [0.29, 0.717) is 24.6 Å². The summed E-state index contributed by atoms with van der Waals surface area (Å²) in [4.78, 5) is 16.4. The summed E-state index contributed by atoms with van der Waals surface area (Å²) in [6.07, 6.45) is 6.34. The second kappa shape index (κ2) is 9.45. The Morgan fingerprint density at radius 2 is 1.68 bits per heavy atom. The van der Waals surface area contributed by atoms with Crippen molar-refractivity contribution < 1.29 is 9.53 Å². The first-order valence-electron chi connectivity index (χ1n) is 10.0. The van der Waals surface area contributed by atoms with E-state index >= 15 is 0 Å². The average Bonchev–Trinajstić information content (AvgIpc) is 3.13. The van der Waals surface area contributed by atoms with Gasteiger partial charge in [0.25, 0.3) is 0 Å². The van der Waals surface area contributed by atoms with Crippen LogP contribution in [0.25, 0.3) is 11.1 Å². The molecule has 0 amide bonds. The highest BCUT2D eigenvalue weighted by Gasteiger charge is 2.11. The summed E-state index contributed by atoms with van der Waals surface area (Å²) >= 11 is 0. The molecule has 1 heterocycles. The maximum atomic E-state index is 12.2. The van der Waals surface area contributed by atoms with Crippen molar-refractivity contribution in [2.45, 2.75) is 26.7 Å². The van der Waals surface area contributed by atoms with Crippen LogP contribution in [0.3, 0.4) is 0 Å². The first kappa shape index (κ1) is 20.0. The average molecular weight is 379 g/mol. The molecule has 0 spiro atoms. The number of hydrogen-bond donors (Lipinski definition) is 0. The zero-order chi connectivity index (χ0) is 19.9. The standard InChI is InChI=1S/C24H30N2O2/c1-4-19(2)17-20-5-7-21(8-6-20)22-9-11-23(12-10-22)24(27)28-16-15-26-14-13-25(3)18-26/h5-14,19H,4,15-18H2,1-3H3/t19-/m1/s1. The van der Waals surface area contributed by atoms with Gasteiger partial charge in [-0.2, -0.15) is 0 Å². The lowest BCUT2D eigenvalue weighted by Gasteiger charge is -2.17. The van der Waals surface area contributed by atoms with Crippen LogP contribution in [0, 0.1) is 5.92 Å². The Balaban J connectivity index is 1.52. The van der Waals surface area contributed by atoms with Gasteiger partial charge < -0.3 is 14.5 Å². The minimum Gasteiger partial charge on any atom is -0.460 e. The number of nitrogens with zero attached hydrogens (tertiary/aromatic N) is 2. The van der Waals surface area contributed by atoms with Crippen LogP contribution in [0.1, 0.15) is 36.2 Å². The molecule has 0 unspecified atom stereocenters. The Bertz CT molecular complexity index is 796. The van der Waals surface area contributed by atoms with Crippen molar-refractivity contribution in [1.29, 1.82) is 0 Å². The molecule has 3 rings (SSSR count). The van der Waals surface area contributed by atoms with Crippen molar-refractivity contribution >= 4 is 5.97 Å². The van der Waals surface area contributed by atoms with Crippen LogP contribution < -0.4 is 0 Å². The molecule has 0 aliphatic carbocycles. The summed E-state index contributed by atoms with van der Waals surface area (Å²) in [7, 11) is 2.02. The number of ether oxygens (including phenoxy) is 1. The van der Waals surface area contributed by atoms with Crippen LogP contribution in [0.15, 0.2) is 60.9 Å². The minimum atomic E-state index is -0.271. The molecule has 0 bridgehead atoms. The van der Waals surface area contributed by atoms with E-state index in [9.17, 15) is 4.79 Å². The molecule has 1 aliphatic rings. The van der Waals surface area contributed by atoms with Gasteiger partial charge in [-0.25, -0.2) is 4.79 Å². The normalized spacial score (nSPS) is 14.4. The van der Waals surface area contributed by atoms with Crippen LogP contribution in [0.4, 0.5) is 0 Å². The Kier molecular flexibility index (Phi) is 6.75. The molecule has 1 atom stereocenters. The van der Waals surface area contributed by atoms with Gasteiger partial charge in [0.05, 0.1) is 18.8 Å². The van der Waals surface area contributed by atoms with Gasteiger partial charge in [-0.3, -0.25) is 0 Å². The predicted molar refractivity (Wildman–Crippen MR) is 114 cm³/mol. The van der Waals surface area contributed by atoms with Crippen molar-refractivity contribution in [3.63, 3.8) is 0 Å². The summed E-state index contributed by atoms with van der Waals surface area (Å²) in [5.41, 5.74) is 4.23. The summed E-state index contributed by atoms with van der Waals surface area (Å²) < 4.78 is 5.40. The molecule has 2 aromatic rings. The van der Waals surface area contributed by atoms with E-state index in [1.165, 1.54) is 12.0 Å². The number of carbonyl (C=O) groups is 1. The third-order valence-electron chi connectivity index (χ3n) is 5.24. The first-order valence-corrected chi connectivity index (χ1v) is 10.0. The SMILES string of the molecule is CC[C@@H](C)Cc1ccc(-c2ccc(C(=O)OCCN3C=CN(C)C3)cc2)cc1. The van der Waals surface area contributed by atoms with Crippen LogP contribution in [-0.2, 0) is 11.2 Å². The van der Waals surface area contributed by atoms with Crippen molar-refractivity contribution in [2.75, 3.05) is 26.9 Å². The summed E-state index contributed by atoms with van der Waals surface area (Å²) in [5.74, 6) is 0.436. The Morgan fingerprint density at radius 3 is 2.25 bits per heavy atom. The minimum absolute atomic E-state index is 0.271. The topological polar surface area (TPSA) is 32.8 Å². The quantitative estimate of drug-likeness (QED) is 0.619. The molecule has 4 heteroatoms. The number of carbonyl (C=O) groups excluding carboxylic acids is 1. The van der Waals surface area contributed by atoms with E-state index in [1.54, 1.807) is 0 Å². The monoisotopic (exact) mass is 378 g/mol. The van der Waals surface area contributed by atoms with Gasteiger partial charge in [0.15, 0.2) is 0 Å². The third kappa shape index (κ3) is 5.38. The Hall–Kier alpha value is -2.75. The van der Waals surface area contributed by atoms with Gasteiger partial charge in [0.1, 0.15) is 6.61 Å². The fourth-order valence-corrected chi connectivity index (χ4v) is 3.25. The molecule has 0 saturated carbocycles. The Morgan fingerprint density at radius 1 is 1.04 bits per heavy atom. The Labute approximate surface area is 168 Å². The van der Waals surface area contributed by atoms with E-state index in [-0.39, 0.29) is 5.97 Å². The molecule has 4 nitrogen and oxygen atoms in total. The molecule has 28 heavy (non-hydrogen) atoms. The van der Waals surface area contributed by atoms with Crippen LogP contribution >= 0.6 is 0 Å². The lowest BCUT2D eigenvalue weighted by molar-refractivity contribution is 0.0476. The van der Waals surface area contributed by atoms with Gasteiger partial charge in [-0.05, 0) is 41.2 Å². The fraction of sp³-hybridized carbons (Fsp3) is 0.375. The van der Waals surface area contributed by atoms with E-state index in [2.05, 4.69) is 47.9 Å². The first-order chi connectivity index (χ1) is 13.5. The highest BCUT2D eigenvalue weighted by Crippen LogP contribution is 2.22. The van der Waals surface area contributed by atoms with Gasteiger partial charge in [0, 0.05) is 19.4 Å².